The summed E-state index contributed by atoms with van der Waals surface area (Å²) in [5.41, 5.74) is 1.04. The molecule has 1 aliphatic rings. The molecule has 7 heteroatoms. The topological polar surface area (TPSA) is 57.0 Å². The van der Waals surface area contributed by atoms with Gasteiger partial charge in [0.15, 0.2) is 10.9 Å². The van der Waals surface area contributed by atoms with E-state index in [2.05, 4.69) is 50.0 Å². The lowest BCUT2D eigenvalue weighted by Gasteiger charge is -2.35. The Morgan fingerprint density at radius 3 is 2.87 bits per heavy atom. The second-order valence-electron chi connectivity index (χ2n) is 6.30. The SMILES string of the molecule is CN=C(NCc1cn2ccsc2n1)NC1CCN(C(C)C)CC1. The maximum atomic E-state index is 4.58. The summed E-state index contributed by atoms with van der Waals surface area (Å²) in [6.45, 7) is 7.54. The van der Waals surface area contributed by atoms with Crippen LogP contribution in [0.2, 0.25) is 0 Å². The fourth-order valence-electron chi connectivity index (χ4n) is 2.98. The Labute approximate surface area is 141 Å². The molecule has 2 N–H and O–H groups in total. The molecule has 0 saturated carbocycles. The number of aliphatic imine (C=N–C) groups is 1. The van der Waals surface area contributed by atoms with E-state index in [-0.39, 0.29) is 0 Å². The first kappa shape index (κ1) is 16.3. The molecule has 1 fully saturated rings. The Hall–Kier alpha value is -1.60. The van der Waals surface area contributed by atoms with Crippen molar-refractivity contribution in [3.05, 3.63) is 23.5 Å². The van der Waals surface area contributed by atoms with E-state index in [1.54, 1.807) is 11.3 Å². The van der Waals surface area contributed by atoms with Crippen LogP contribution in [0.4, 0.5) is 0 Å². The molecular formula is C16H26N6S. The van der Waals surface area contributed by atoms with Crippen LogP contribution in [0.15, 0.2) is 22.8 Å². The third-order valence-electron chi connectivity index (χ3n) is 4.40. The fourth-order valence-corrected chi connectivity index (χ4v) is 3.70. The largest absolute Gasteiger partial charge is 0.354 e. The quantitative estimate of drug-likeness (QED) is 0.663. The lowest BCUT2D eigenvalue weighted by molar-refractivity contribution is 0.167. The molecule has 0 amide bonds. The third kappa shape index (κ3) is 4.03. The summed E-state index contributed by atoms with van der Waals surface area (Å²) in [7, 11) is 1.82. The van der Waals surface area contributed by atoms with Crippen molar-refractivity contribution in [2.45, 2.75) is 45.3 Å². The average Bonchev–Trinajstić information content (AvgIpc) is 3.13. The van der Waals surface area contributed by atoms with Crippen LogP contribution in [-0.2, 0) is 6.54 Å². The van der Waals surface area contributed by atoms with Crippen molar-refractivity contribution >= 4 is 22.3 Å². The highest BCUT2D eigenvalue weighted by atomic mass is 32.1. The van der Waals surface area contributed by atoms with Gasteiger partial charge in [-0.15, -0.1) is 11.3 Å². The molecule has 3 heterocycles. The van der Waals surface area contributed by atoms with E-state index in [1.165, 1.54) is 12.8 Å². The highest BCUT2D eigenvalue weighted by molar-refractivity contribution is 7.15. The molecule has 0 radical (unpaired) electrons. The van der Waals surface area contributed by atoms with Gasteiger partial charge in [0.1, 0.15) is 0 Å². The van der Waals surface area contributed by atoms with Crippen molar-refractivity contribution in [3.63, 3.8) is 0 Å². The number of fused-ring (bicyclic) bond motifs is 1. The number of imidazole rings is 1. The molecule has 6 nitrogen and oxygen atoms in total. The number of thiazole rings is 1. The molecule has 3 rings (SSSR count). The summed E-state index contributed by atoms with van der Waals surface area (Å²) < 4.78 is 2.06. The van der Waals surface area contributed by atoms with Crippen LogP contribution in [0.5, 0.6) is 0 Å². The van der Waals surface area contributed by atoms with Gasteiger partial charge in [0.2, 0.25) is 0 Å². The Morgan fingerprint density at radius 1 is 1.43 bits per heavy atom. The molecule has 0 aromatic carbocycles. The summed E-state index contributed by atoms with van der Waals surface area (Å²) in [6, 6.07) is 1.14. The van der Waals surface area contributed by atoms with Crippen LogP contribution in [0.1, 0.15) is 32.4 Å². The molecule has 1 aliphatic heterocycles. The Balaban J connectivity index is 1.48. The van der Waals surface area contributed by atoms with Gasteiger partial charge in [0, 0.05) is 50.0 Å². The second-order valence-corrected chi connectivity index (χ2v) is 7.17. The number of nitrogens with one attached hydrogen (secondary N) is 2. The zero-order chi connectivity index (χ0) is 16.2. The van der Waals surface area contributed by atoms with Crippen LogP contribution in [0, 0.1) is 0 Å². The van der Waals surface area contributed by atoms with Crippen LogP contribution in [0.25, 0.3) is 4.96 Å². The van der Waals surface area contributed by atoms with Crippen LogP contribution in [-0.4, -0.2) is 52.5 Å². The number of likely N-dealkylation sites (tertiary alicyclic amines) is 1. The van der Waals surface area contributed by atoms with Crippen molar-refractivity contribution in [1.29, 1.82) is 0 Å². The Kier molecular flexibility index (Phi) is 5.17. The van der Waals surface area contributed by atoms with E-state index < -0.39 is 0 Å². The van der Waals surface area contributed by atoms with Crippen molar-refractivity contribution in [2.24, 2.45) is 4.99 Å². The standard InChI is InChI=1S/C16H26N6S/c1-12(2)21-6-4-13(5-7-21)19-15(17-3)18-10-14-11-22-8-9-23-16(22)20-14/h8-9,11-13H,4-7,10H2,1-3H3,(H2,17,18,19). The summed E-state index contributed by atoms with van der Waals surface area (Å²) in [5.74, 6) is 0.865. The average molecular weight is 334 g/mol. The van der Waals surface area contributed by atoms with Gasteiger partial charge < -0.3 is 15.5 Å². The normalized spacial score (nSPS) is 18.0. The lowest BCUT2D eigenvalue weighted by Crippen LogP contribution is -2.49. The predicted octanol–water partition coefficient (Wildman–Crippen LogP) is 1.93. The number of aromatic nitrogens is 2. The minimum Gasteiger partial charge on any atom is -0.354 e. The van der Waals surface area contributed by atoms with Gasteiger partial charge in [0.05, 0.1) is 12.2 Å². The van der Waals surface area contributed by atoms with E-state index in [9.17, 15) is 0 Å². The van der Waals surface area contributed by atoms with E-state index in [0.717, 1.165) is 29.7 Å². The Morgan fingerprint density at radius 2 is 2.22 bits per heavy atom. The van der Waals surface area contributed by atoms with Crippen LogP contribution < -0.4 is 10.6 Å². The van der Waals surface area contributed by atoms with Gasteiger partial charge >= 0.3 is 0 Å². The van der Waals surface area contributed by atoms with Crippen molar-refractivity contribution in [1.82, 2.24) is 24.9 Å². The fraction of sp³-hybridized carbons (Fsp3) is 0.625. The molecule has 126 valence electrons. The van der Waals surface area contributed by atoms with E-state index >= 15 is 0 Å². The van der Waals surface area contributed by atoms with E-state index in [4.69, 9.17) is 0 Å². The van der Waals surface area contributed by atoms with Gasteiger partial charge in [0.25, 0.3) is 0 Å². The summed E-state index contributed by atoms with van der Waals surface area (Å²) in [5, 5.41) is 8.96. The molecule has 2 aromatic heterocycles. The first-order valence-corrected chi connectivity index (χ1v) is 9.16. The maximum absolute atomic E-state index is 4.58. The summed E-state index contributed by atoms with van der Waals surface area (Å²) >= 11 is 1.65. The van der Waals surface area contributed by atoms with Gasteiger partial charge in [-0.05, 0) is 26.7 Å². The summed E-state index contributed by atoms with van der Waals surface area (Å²) in [4.78, 5) is 12.5. The highest BCUT2D eigenvalue weighted by Gasteiger charge is 2.21. The van der Waals surface area contributed by atoms with Crippen molar-refractivity contribution < 1.29 is 0 Å². The minimum atomic E-state index is 0.502. The number of rotatable bonds is 4. The molecule has 0 unspecified atom stereocenters. The zero-order valence-electron chi connectivity index (χ0n) is 14.1. The predicted molar refractivity (Wildman–Crippen MR) is 96.1 cm³/mol. The van der Waals surface area contributed by atoms with Crippen LogP contribution in [0.3, 0.4) is 0 Å². The number of nitrogens with zero attached hydrogens (tertiary/aromatic N) is 4. The van der Waals surface area contributed by atoms with Gasteiger partial charge in [-0.25, -0.2) is 4.98 Å². The monoisotopic (exact) mass is 334 g/mol. The van der Waals surface area contributed by atoms with Gasteiger partial charge in [-0.2, -0.15) is 0 Å². The number of guanidine groups is 1. The van der Waals surface area contributed by atoms with E-state index in [1.807, 2.05) is 18.6 Å². The second kappa shape index (κ2) is 7.31. The van der Waals surface area contributed by atoms with Gasteiger partial charge in [-0.3, -0.25) is 9.39 Å². The third-order valence-corrected chi connectivity index (χ3v) is 5.18. The molecule has 0 bridgehead atoms. The lowest BCUT2D eigenvalue weighted by atomic mass is 10.0. The van der Waals surface area contributed by atoms with Gasteiger partial charge in [-0.1, -0.05) is 0 Å². The number of piperidine rings is 1. The minimum absolute atomic E-state index is 0.502. The first-order valence-electron chi connectivity index (χ1n) is 8.28. The smallest absolute Gasteiger partial charge is 0.193 e. The van der Waals surface area contributed by atoms with Crippen molar-refractivity contribution in [2.75, 3.05) is 20.1 Å². The molecule has 0 atom stereocenters. The molecule has 23 heavy (non-hydrogen) atoms. The molecule has 0 aliphatic carbocycles. The Bertz CT molecular complexity index is 622. The molecule has 2 aromatic rings. The number of hydrogen-bond donors (Lipinski definition) is 2. The van der Waals surface area contributed by atoms with Crippen molar-refractivity contribution in [3.8, 4) is 0 Å². The van der Waals surface area contributed by atoms with Crippen LogP contribution >= 0.6 is 11.3 Å². The van der Waals surface area contributed by atoms with E-state index in [0.29, 0.717) is 18.6 Å². The zero-order valence-corrected chi connectivity index (χ0v) is 14.9. The maximum Gasteiger partial charge on any atom is 0.193 e. The first-order chi connectivity index (χ1) is 11.2. The molecular weight excluding hydrogens is 308 g/mol. The molecule has 0 spiro atoms. The number of hydrogen-bond acceptors (Lipinski definition) is 4. The molecule has 1 saturated heterocycles. The highest BCUT2D eigenvalue weighted by Crippen LogP contribution is 2.13. The summed E-state index contributed by atoms with van der Waals surface area (Å²) in [6.07, 6.45) is 6.43.